The van der Waals surface area contributed by atoms with Crippen molar-refractivity contribution in [3.63, 3.8) is 0 Å². The first kappa shape index (κ1) is 18.1. The van der Waals surface area contributed by atoms with Crippen molar-refractivity contribution in [2.45, 2.75) is 38.4 Å². The van der Waals surface area contributed by atoms with Crippen molar-refractivity contribution < 1.29 is 9.84 Å². The maximum Gasteiger partial charge on any atom is 0.108 e. The first-order chi connectivity index (χ1) is 12.2. The molecule has 0 spiro atoms. The molecule has 1 saturated heterocycles. The van der Waals surface area contributed by atoms with Crippen LogP contribution in [0, 0.1) is 6.92 Å². The second-order valence-electron chi connectivity index (χ2n) is 7.00. The van der Waals surface area contributed by atoms with Crippen LogP contribution in [0.25, 0.3) is 0 Å². The first-order valence-electron chi connectivity index (χ1n) is 9.36. The van der Waals surface area contributed by atoms with Crippen LogP contribution in [-0.2, 0) is 4.74 Å². The molecule has 0 aromatic heterocycles. The largest absolute Gasteiger partial charge is 0.389 e. The Kier molecular flexibility index (Phi) is 6.62. The number of aliphatic hydroxyl groups excluding tert-OH is 1. The van der Waals surface area contributed by atoms with E-state index in [1.807, 2.05) is 30.3 Å². The number of ether oxygens (including phenoxy) is 1. The normalized spacial score (nSPS) is 18.0. The van der Waals surface area contributed by atoms with Gasteiger partial charge in [0.05, 0.1) is 12.7 Å². The SMILES string of the molecule is Cc1ccccc1[C@@H](OC[C@H](O)CN1CCCCC1)c1ccccc1. The number of β-amino-alcohol motifs (C(OH)–C–C–N with tert-alkyl or cyclic N) is 1. The van der Waals surface area contributed by atoms with Crippen molar-refractivity contribution in [1.29, 1.82) is 0 Å². The summed E-state index contributed by atoms with van der Waals surface area (Å²) in [6.07, 6.45) is 3.20. The van der Waals surface area contributed by atoms with Crippen LogP contribution >= 0.6 is 0 Å². The van der Waals surface area contributed by atoms with Crippen LogP contribution in [0.3, 0.4) is 0 Å². The zero-order valence-corrected chi connectivity index (χ0v) is 15.1. The molecule has 2 aromatic rings. The molecule has 1 aliphatic heterocycles. The fourth-order valence-electron chi connectivity index (χ4n) is 3.57. The van der Waals surface area contributed by atoms with Gasteiger partial charge in [0.2, 0.25) is 0 Å². The van der Waals surface area contributed by atoms with E-state index in [0.717, 1.165) is 18.7 Å². The number of rotatable bonds is 7. The van der Waals surface area contributed by atoms with Crippen LogP contribution in [0.2, 0.25) is 0 Å². The Balaban J connectivity index is 1.67. The van der Waals surface area contributed by atoms with Gasteiger partial charge in [-0.05, 0) is 49.5 Å². The van der Waals surface area contributed by atoms with Gasteiger partial charge in [-0.1, -0.05) is 61.0 Å². The summed E-state index contributed by atoms with van der Waals surface area (Å²) < 4.78 is 6.22. The van der Waals surface area contributed by atoms with Crippen molar-refractivity contribution in [2.24, 2.45) is 0 Å². The Morgan fingerprint density at radius 1 is 0.960 bits per heavy atom. The molecule has 3 rings (SSSR count). The van der Waals surface area contributed by atoms with E-state index in [2.05, 4.69) is 36.1 Å². The number of aliphatic hydroxyl groups is 1. The second-order valence-corrected chi connectivity index (χ2v) is 7.00. The van der Waals surface area contributed by atoms with Crippen molar-refractivity contribution in [3.05, 3.63) is 71.3 Å². The van der Waals surface area contributed by atoms with Gasteiger partial charge in [0.25, 0.3) is 0 Å². The van der Waals surface area contributed by atoms with Crippen molar-refractivity contribution >= 4 is 0 Å². The van der Waals surface area contributed by atoms with E-state index in [9.17, 15) is 5.11 Å². The van der Waals surface area contributed by atoms with Crippen LogP contribution in [0.4, 0.5) is 0 Å². The molecule has 0 bridgehead atoms. The summed E-state index contributed by atoms with van der Waals surface area (Å²) in [7, 11) is 0. The molecule has 0 saturated carbocycles. The summed E-state index contributed by atoms with van der Waals surface area (Å²) in [5.41, 5.74) is 3.50. The lowest BCUT2D eigenvalue weighted by molar-refractivity contribution is -0.0106. The van der Waals surface area contributed by atoms with Crippen LogP contribution in [0.5, 0.6) is 0 Å². The smallest absolute Gasteiger partial charge is 0.108 e. The second kappa shape index (κ2) is 9.14. The van der Waals surface area contributed by atoms with E-state index in [-0.39, 0.29) is 6.10 Å². The highest BCUT2D eigenvalue weighted by molar-refractivity contribution is 5.35. The maximum absolute atomic E-state index is 10.4. The third-order valence-electron chi connectivity index (χ3n) is 4.95. The molecule has 0 amide bonds. The Morgan fingerprint density at radius 2 is 1.64 bits per heavy atom. The molecule has 134 valence electrons. The molecule has 3 heteroatoms. The summed E-state index contributed by atoms with van der Waals surface area (Å²) in [6, 6.07) is 18.6. The summed E-state index contributed by atoms with van der Waals surface area (Å²) >= 11 is 0. The Morgan fingerprint density at radius 3 is 2.36 bits per heavy atom. The van der Waals surface area contributed by atoms with Gasteiger partial charge >= 0.3 is 0 Å². The van der Waals surface area contributed by atoms with E-state index < -0.39 is 6.10 Å². The van der Waals surface area contributed by atoms with Crippen molar-refractivity contribution in [2.75, 3.05) is 26.2 Å². The van der Waals surface area contributed by atoms with Gasteiger partial charge in [0, 0.05) is 6.54 Å². The average molecular weight is 339 g/mol. The average Bonchev–Trinajstić information content (AvgIpc) is 2.65. The molecule has 25 heavy (non-hydrogen) atoms. The number of benzene rings is 2. The van der Waals surface area contributed by atoms with Gasteiger partial charge in [-0.2, -0.15) is 0 Å². The van der Waals surface area contributed by atoms with E-state index in [1.54, 1.807) is 0 Å². The van der Waals surface area contributed by atoms with Gasteiger partial charge in [-0.15, -0.1) is 0 Å². The Bertz CT molecular complexity index is 637. The van der Waals surface area contributed by atoms with Crippen LogP contribution in [-0.4, -0.2) is 42.4 Å². The number of likely N-dealkylation sites (tertiary alicyclic amines) is 1. The minimum absolute atomic E-state index is 0.140. The maximum atomic E-state index is 10.4. The van der Waals surface area contributed by atoms with E-state index >= 15 is 0 Å². The molecular weight excluding hydrogens is 310 g/mol. The van der Waals surface area contributed by atoms with Gasteiger partial charge in [-0.25, -0.2) is 0 Å². The Labute approximate surface area is 151 Å². The lowest BCUT2D eigenvalue weighted by Gasteiger charge is -2.29. The lowest BCUT2D eigenvalue weighted by atomic mass is 9.97. The van der Waals surface area contributed by atoms with Crippen molar-refractivity contribution in [1.82, 2.24) is 4.90 Å². The minimum Gasteiger partial charge on any atom is -0.389 e. The zero-order valence-electron chi connectivity index (χ0n) is 15.1. The third kappa shape index (κ3) is 5.15. The molecule has 0 unspecified atom stereocenters. The molecule has 1 aliphatic rings. The van der Waals surface area contributed by atoms with E-state index in [1.165, 1.54) is 30.4 Å². The van der Waals surface area contributed by atoms with Crippen molar-refractivity contribution in [3.8, 4) is 0 Å². The number of piperidine rings is 1. The number of hydrogen-bond acceptors (Lipinski definition) is 3. The fraction of sp³-hybridized carbons (Fsp3) is 0.455. The van der Waals surface area contributed by atoms with Gasteiger partial charge in [-0.3, -0.25) is 0 Å². The lowest BCUT2D eigenvalue weighted by Crippen LogP contribution is -2.38. The minimum atomic E-state index is -0.451. The fourth-order valence-corrected chi connectivity index (χ4v) is 3.57. The highest BCUT2D eigenvalue weighted by atomic mass is 16.5. The predicted molar refractivity (Wildman–Crippen MR) is 102 cm³/mol. The zero-order chi connectivity index (χ0) is 17.5. The quantitative estimate of drug-likeness (QED) is 0.829. The summed E-state index contributed by atoms with van der Waals surface area (Å²) in [4.78, 5) is 2.35. The highest BCUT2D eigenvalue weighted by Crippen LogP contribution is 2.28. The molecule has 2 atom stereocenters. The molecular formula is C22H29NO2. The molecule has 0 aliphatic carbocycles. The summed E-state index contributed by atoms with van der Waals surface area (Å²) in [5.74, 6) is 0. The van der Waals surface area contributed by atoms with Gasteiger partial charge < -0.3 is 14.7 Å². The summed E-state index contributed by atoms with van der Waals surface area (Å²) in [6.45, 7) is 5.35. The standard InChI is InChI=1S/C22H29NO2/c1-18-10-6-7-13-21(18)22(19-11-4-2-5-12-19)25-17-20(24)16-23-14-8-3-9-15-23/h2,4-7,10-13,20,22,24H,3,8-9,14-17H2,1H3/t20-,22+/m1/s1. The molecule has 0 radical (unpaired) electrons. The van der Waals surface area contributed by atoms with Crippen LogP contribution < -0.4 is 0 Å². The number of hydrogen-bond donors (Lipinski definition) is 1. The summed E-state index contributed by atoms with van der Waals surface area (Å²) in [5, 5.41) is 10.4. The molecule has 2 aromatic carbocycles. The van der Waals surface area contributed by atoms with Gasteiger partial charge in [0.15, 0.2) is 0 Å². The topological polar surface area (TPSA) is 32.7 Å². The molecule has 1 fully saturated rings. The third-order valence-corrected chi connectivity index (χ3v) is 4.95. The molecule has 1 heterocycles. The highest BCUT2D eigenvalue weighted by Gasteiger charge is 2.20. The van der Waals surface area contributed by atoms with E-state index in [0.29, 0.717) is 13.2 Å². The number of nitrogens with zero attached hydrogens (tertiary/aromatic N) is 1. The number of aryl methyl sites for hydroxylation is 1. The van der Waals surface area contributed by atoms with Gasteiger partial charge in [0.1, 0.15) is 6.10 Å². The van der Waals surface area contributed by atoms with Crippen LogP contribution in [0.15, 0.2) is 54.6 Å². The van der Waals surface area contributed by atoms with E-state index in [4.69, 9.17) is 4.74 Å². The molecule has 3 nitrogen and oxygen atoms in total. The Hall–Kier alpha value is -1.68. The first-order valence-corrected chi connectivity index (χ1v) is 9.36. The predicted octanol–water partition coefficient (Wildman–Crippen LogP) is 3.95. The molecule has 1 N–H and O–H groups in total. The van der Waals surface area contributed by atoms with Crippen LogP contribution in [0.1, 0.15) is 42.1 Å². The monoisotopic (exact) mass is 339 g/mol.